The number of carbonyl (C=O) groups is 1. The van der Waals surface area contributed by atoms with Gasteiger partial charge in [-0.3, -0.25) is 4.90 Å². The predicted octanol–water partition coefficient (Wildman–Crippen LogP) is 2.86. The van der Waals surface area contributed by atoms with Crippen molar-refractivity contribution in [1.29, 1.82) is 0 Å². The highest BCUT2D eigenvalue weighted by Crippen LogP contribution is 2.22. The number of benzene rings is 2. The van der Waals surface area contributed by atoms with Gasteiger partial charge in [-0.2, -0.15) is 0 Å². The minimum atomic E-state index is -3.64. The lowest BCUT2D eigenvalue weighted by Crippen LogP contribution is -2.34. The summed E-state index contributed by atoms with van der Waals surface area (Å²) in [6, 6.07) is 14.3. The molecule has 1 N–H and O–H groups in total. The molecule has 1 amide bonds. The topological polar surface area (TPSA) is 75.7 Å². The number of hydrogen-bond acceptors (Lipinski definition) is 4. The van der Waals surface area contributed by atoms with Crippen LogP contribution >= 0.6 is 0 Å². The van der Waals surface area contributed by atoms with Gasteiger partial charge < -0.3 is 4.74 Å². The number of aryl methyl sites for hydroxylation is 2. The fraction of sp³-hybridized carbons (Fsp3) is 0.316. The van der Waals surface area contributed by atoms with Gasteiger partial charge in [-0.1, -0.05) is 36.8 Å². The summed E-state index contributed by atoms with van der Waals surface area (Å²) in [4.78, 5) is 13.8. The lowest BCUT2D eigenvalue weighted by atomic mass is 10.2. The molecule has 0 bridgehead atoms. The summed E-state index contributed by atoms with van der Waals surface area (Å²) in [5, 5.41) is 0. The molecule has 138 valence electrons. The van der Waals surface area contributed by atoms with Crippen molar-refractivity contribution in [3.05, 3.63) is 59.7 Å². The van der Waals surface area contributed by atoms with Crippen LogP contribution in [0.3, 0.4) is 0 Å². The summed E-state index contributed by atoms with van der Waals surface area (Å²) in [5.41, 5.74) is 2.91. The third-order valence-corrected chi connectivity index (χ3v) is 5.80. The Morgan fingerprint density at radius 3 is 2.38 bits per heavy atom. The maximum Gasteiger partial charge on any atom is 0.414 e. The summed E-state index contributed by atoms with van der Waals surface area (Å²) in [5.74, 6) is 0. The van der Waals surface area contributed by atoms with Crippen molar-refractivity contribution in [3.8, 4) is 0 Å². The molecule has 26 heavy (non-hydrogen) atoms. The summed E-state index contributed by atoms with van der Waals surface area (Å²) in [6.07, 6.45) is -0.153. The van der Waals surface area contributed by atoms with Gasteiger partial charge >= 0.3 is 6.09 Å². The fourth-order valence-electron chi connectivity index (χ4n) is 2.75. The van der Waals surface area contributed by atoms with E-state index in [4.69, 9.17) is 4.74 Å². The summed E-state index contributed by atoms with van der Waals surface area (Å²) in [7, 11) is -3.64. The van der Waals surface area contributed by atoms with Gasteiger partial charge in [-0.05, 0) is 43.2 Å². The molecule has 1 fully saturated rings. The van der Waals surface area contributed by atoms with Crippen LogP contribution in [0.25, 0.3) is 0 Å². The normalized spacial score (nSPS) is 17.4. The molecule has 1 heterocycles. The number of anilines is 1. The molecule has 0 aromatic heterocycles. The Labute approximate surface area is 153 Å². The van der Waals surface area contributed by atoms with E-state index < -0.39 is 22.2 Å². The average molecular weight is 374 g/mol. The first-order valence-corrected chi connectivity index (χ1v) is 10.0. The van der Waals surface area contributed by atoms with Crippen LogP contribution in [-0.2, 0) is 21.2 Å². The standard InChI is InChI=1S/C19H22N2O4S/c1-3-15-6-10-18(11-7-15)26(23,24)20-12-17-13-21(19(22)25-17)16-8-4-14(2)5-9-16/h4-11,17,20H,3,12-13H2,1-2H3. The van der Waals surface area contributed by atoms with Gasteiger partial charge in [0, 0.05) is 12.2 Å². The second kappa shape index (κ2) is 7.47. The van der Waals surface area contributed by atoms with Crippen LogP contribution in [0.15, 0.2) is 53.4 Å². The molecule has 6 nitrogen and oxygen atoms in total. The van der Waals surface area contributed by atoms with Gasteiger partial charge in [0.15, 0.2) is 0 Å². The number of nitrogens with one attached hydrogen (secondary N) is 1. The van der Waals surface area contributed by atoms with Gasteiger partial charge in [0.2, 0.25) is 10.0 Å². The molecule has 0 saturated carbocycles. The van der Waals surface area contributed by atoms with Crippen molar-refractivity contribution in [2.75, 3.05) is 18.0 Å². The van der Waals surface area contributed by atoms with Crippen LogP contribution in [-0.4, -0.2) is 33.7 Å². The number of hydrogen-bond donors (Lipinski definition) is 1. The summed E-state index contributed by atoms with van der Waals surface area (Å²) in [6.45, 7) is 4.32. The molecular formula is C19H22N2O4S. The SMILES string of the molecule is CCc1ccc(S(=O)(=O)NCC2CN(c3ccc(C)cc3)C(=O)O2)cc1. The highest BCUT2D eigenvalue weighted by molar-refractivity contribution is 7.89. The van der Waals surface area contributed by atoms with Crippen molar-refractivity contribution >= 4 is 21.8 Å². The maximum atomic E-state index is 12.4. The Morgan fingerprint density at radius 1 is 1.12 bits per heavy atom. The van der Waals surface area contributed by atoms with Gasteiger partial charge in [-0.25, -0.2) is 17.9 Å². The highest BCUT2D eigenvalue weighted by Gasteiger charge is 2.33. The minimum absolute atomic E-state index is 0.0337. The van der Waals surface area contributed by atoms with Gasteiger partial charge in [0.25, 0.3) is 0 Å². The first kappa shape index (κ1) is 18.4. The van der Waals surface area contributed by atoms with Crippen LogP contribution in [0, 0.1) is 6.92 Å². The molecule has 1 aliphatic rings. The van der Waals surface area contributed by atoms with E-state index >= 15 is 0 Å². The largest absolute Gasteiger partial charge is 0.443 e. The van der Waals surface area contributed by atoms with Crippen molar-refractivity contribution in [2.45, 2.75) is 31.3 Å². The van der Waals surface area contributed by atoms with Crippen LogP contribution in [0.2, 0.25) is 0 Å². The van der Waals surface area contributed by atoms with E-state index in [-0.39, 0.29) is 11.4 Å². The number of amides is 1. The van der Waals surface area contributed by atoms with E-state index in [0.29, 0.717) is 6.54 Å². The molecule has 1 atom stereocenters. The van der Waals surface area contributed by atoms with Gasteiger partial charge in [0.1, 0.15) is 6.10 Å². The molecular weight excluding hydrogens is 352 g/mol. The van der Waals surface area contributed by atoms with E-state index in [1.54, 1.807) is 24.3 Å². The van der Waals surface area contributed by atoms with E-state index in [1.165, 1.54) is 4.90 Å². The van der Waals surface area contributed by atoms with Crippen molar-refractivity contribution in [2.24, 2.45) is 0 Å². The van der Waals surface area contributed by atoms with Crippen molar-refractivity contribution in [1.82, 2.24) is 4.72 Å². The Hall–Kier alpha value is -2.38. The average Bonchev–Trinajstić information content (AvgIpc) is 3.02. The second-order valence-corrected chi connectivity index (χ2v) is 8.07. The smallest absolute Gasteiger partial charge is 0.414 e. The zero-order valence-electron chi connectivity index (χ0n) is 14.8. The molecule has 1 aliphatic heterocycles. The van der Waals surface area contributed by atoms with Crippen LogP contribution in [0.4, 0.5) is 10.5 Å². The molecule has 0 spiro atoms. The van der Waals surface area contributed by atoms with Crippen LogP contribution in [0.5, 0.6) is 0 Å². The quantitative estimate of drug-likeness (QED) is 0.844. The summed E-state index contributed by atoms with van der Waals surface area (Å²) < 4.78 is 32.6. The molecule has 0 aliphatic carbocycles. The number of rotatable bonds is 6. The lowest BCUT2D eigenvalue weighted by Gasteiger charge is -2.13. The monoisotopic (exact) mass is 374 g/mol. The van der Waals surface area contributed by atoms with E-state index in [2.05, 4.69) is 4.72 Å². The minimum Gasteiger partial charge on any atom is -0.443 e. The van der Waals surface area contributed by atoms with Gasteiger partial charge in [0.05, 0.1) is 11.4 Å². The Kier molecular flexibility index (Phi) is 5.29. The number of sulfonamides is 1. The Bertz CT molecular complexity index is 877. The zero-order chi connectivity index (χ0) is 18.7. The molecule has 1 unspecified atom stereocenters. The molecule has 3 rings (SSSR count). The first-order chi connectivity index (χ1) is 12.4. The molecule has 7 heteroatoms. The van der Waals surface area contributed by atoms with Crippen LogP contribution in [0.1, 0.15) is 18.1 Å². The Balaban J connectivity index is 1.62. The molecule has 2 aromatic rings. The fourth-order valence-corrected chi connectivity index (χ4v) is 3.82. The molecule has 2 aromatic carbocycles. The maximum absolute atomic E-state index is 12.4. The number of cyclic esters (lactones) is 1. The second-order valence-electron chi connectivity index (χ2n) is 6.30. The number of nitrogens with zero attached hydrogens (tertiary/aromatic N) is 1. The molecule has 1 saturated heterocycles. The number of carbonyl (C=O) groups excluding carboxylic acids is 1. The third-order valence-electron chi connectivity index (χ3n) is 4.36. The zero-order valence-corrected chi connectivity index (χ0v) is 15.6. The first-order valence-electron chi connectivity index (χ1n) is 8.52. The number of ether oxygens (including phenoxy) is 1. The molecule has 0 radical (unpaired) electrons. The van der Waals surface area contributed by atoms with E-state index in [0.717, 1.165) is 23.2 Å². The predicted molar refractivity (Wildman–Crippen MR) is 99.8 cm³/mol. The lowest BCUT2D eigenvalue weighted by molar-refractivity contribution is 0.143. The highest BCUT2D eigenvalue weighted by atomic mass is 32.2. The Morgan fingerprint density at radius 2 is 1.77 bits per heavy atom. The van der Waals surface area contributed by atoms with E-state index in [9.17, 15) is 13.2 Å². The summed E-state index contributed by atoms with van der Waals surface area (Å²) >= 11 is 0. The third kappa shape index (κ3) is 4.05. The van der Waals surface area contributed by atoms with E-state index in [1.807, 2.05) is 38.1 Å². The van der Waals surface area contributed by atoms with Crippen molar-refractivity contribution in [3.63, 3.8) is 0 Å². The van der Waals surface area contributed by atoms with Crippen molar-refractivity contribution < 1.29 is 17.9 Å². The van der Waals surface area contributed by atoms with Crippen LogP contribution < -0.4 is 9.62 Å². The van der Waals surface area contributed by atoms with Gasteiger partial charge in [-0.15, -0.1) is 0 Å².